The van der Waals surface area contributed by atoms with Crippen molar-refractivity contribution in [3.8, 4) is 11.5 Å². The van der Waals surface area contributed by atoms with Crippen LogP contribution in [0.4, 0.5) is 0 Å². The van der Waals surface area contributed by atoms with Crippen LogP contribution in [0.15, 0.2) is 18.2 Å². The van der Waals surface area contributed by atoms with E-state index < -0.39 is 33.4 Å². The van der Waals surface area contributed by atoms with Crippen LogP contribution in [0.2, 0.25) is 36.3 Å². The maximum Gasteiger partial charge on any atom is 0.250 e. The van der Waals surface area contributed by atoms with E-state index >= 15 is 0 Å². The second-order valence-electron chi connectivity index (χ2n) is 12.4. The van der Waals surface area contributed by atoms with Crippen LogP contribution in [0, 0.1) is 0 Å². The summed E-state index contributed by atoms with van der Waals surface area (Å²) in [5, 5.41) is 0.125. The standard InChI is InChI=1S/C24H45NO4SSi2/c1-22(2,3)31(7,8)28-19-14-15-20(21(18-19)29-32(9,10)23(4,5)6)24(25-30(26)27)16-12-11-13-17-24/h14-15,18,25H,11-13,16-17H2,1-10H3,(H,26,27). The average Bonchev–Trinajstić information content (AvgIpc) is 2.59. The molecule has 2 rings (SSSR count). The molecule has 0 spiro atoms. The first kappa shape index (κ1) is 27.6. The molecule has 0 bridgehead atoms. The lowest BCUT2D eigenvalue weighted by Gasteiger charge is -2.42. The summed E-state index contributed by atoms with van der Waals surface area (Å²) in [6.45, 7) is 22.4. The Hall–Kier alpha value is -0.676. The van der Waals surface area contributed by atoms with Crippen molar-refractivity contribution >= 4 is 27.9 Å². The molecular formula is C24H45NO4SSi2. The Bertz CT molecular complexity index is 822. The van der Waals surface area contributed by atoms with E-state index in [1.54, 1.807) is 0 Å². The van der Waals surface area contributed by atoms with Gasteiger partial charge in [0.15, 0.2) is 0 Å². The number of rotatable bonds is 7. The van der Waals surface area contributed by atoms with Gasteiger partial charge in [-0.25, -0.2) is 8.93 Å². The summed E-state index contributed by atoms with van der Waals surface area (Å²) in [5.41, 5.74) is 0.414. The highest BCUT2D eigenvalue weighted by atomic mass is 32.2. The quantitative estimate of drug-likeness (QED) is 0.304. The van der Waals surface area contributed by atoms with E-state index in [1.807, 2.05) is 12.1 Å². The molecule has 0 heterocycles. The maximum absolute atomic E-state index is 11.9. The van der Waals surface area contributed by atoms with Gasteiger partial charge in [0.25, 0.3) is 0 Å². The van der Waals surface area contributed by atoms with Crippen LogP contribution < -0.4 is 13.6 Å². The molecule has 1 saturated carbocycles. The molecule has 1 aromatic carbocycles. The smallest absolute Gasteiger partial charge is 0.250 e. The zero-order chi connectivity index (χ0) is 24.6. The first-order valence-corrected chi connectivity index (χ1v) is 18.7. The first-order valence-electron chi connectivity index (χ1n) is 11.8. The monoisotopic (exact) mass is 499 g/mol. The van der Waals surface area contributed by atoms with Gasteiger partial charge in [-0.2, -0.15) is 0 Å². The first-order chi connectivity index (χ1) is 14.4. The minimum atomic E-state index is -2.14. The van der Waals surface area contributed by atoms with Crippen LogP contribution in [0.5, 0.6) is 11.5 Å². The molecule has 0 amide bonds. The molecule has 0 aliphatic heterocycles. The third kappa shape index (κ3) is 6.26. The van der Waals surface area contributed by atoms with Gasteiger partial charge in [0.1, 0.15) is 11.5 Å². The summed E-state index contributed by atoms with van der Waals surface area (Å²) in [5.74, 6) is 1.62. The Morgan fingerprint density at radius 3 is 1.88 bits per heavy atom. The zero-order valence-electron chi connectivity index (χ0n) is 21.8. The third-order valence-corrected chi connectivity index (χ3v) is 17.1. The van der Waals surface area contributed by atoms with Gasteiger partial charge in [-0.3, -0.25) is 4.55 Å². The van der Waals surface area contributed by atoms with E-state index in [0.717, 1.165) is 49.2 Å². The van der Waals surface area contributed by atoms with E-state index in [9.17, 15) is 8.76 Å². The number of hydrogen-bond acceptors (Lipinski definition) is 3. The van der Waals surface area contributed by atoms with Crippen molar-refractivity contribution in [2.75, 3.05) is 0 Å². The van der Waals surface area contributed by atoms with Gasteiger partial charge in [0, 0.05) is 11.6 Å². The normalized spacial score (nSPS) is 18.8. The summed E-state index contributed by atoms with van der Waals surface area (Å²) in [6.07, 6.45) is 4.82. The summed E-state index contributed by atoms with van der Waals surface area (Å²) < 4.78 is 38.2. The molecule has 0 saturated heterocycles. The molecular weight excluding hydrogens is 455 g/mol. The van der Waals surface area contributed by atoms with Gasteiger partial charge < -0.3 is 8.85 Å². The molecule has 1 aliphatic rings. The van der Waals surface area contributed by atoms with Crippen molar-refractivity contribution in [2.24, 2.45) is 0 Å². The van der Waals surface area contributed by atoms with E-state index in [2.05, 4.69) is 78.5 Å². The fraction of sp³-hybridized carbons (Fsp3) is 0.750. The molecule has 0 radical (unpaired) electrons. The molecule has 2 N–H and O–H groups in total. The van der Waals surface area contributed by atoms with Gasteiger partial charge in [-0.15, -0.1) is 0 Å². The van der Waals surface area contributed by atoms with E-state index in [0.29, 0.717) is 0 Å². The van der Waals surface area contributed by atoms with Crippen LogP contribution >= 0.6 is 0 Å². The third-order valence-electron chi connectivity index (χ3n) is 7.81. The Balaban J connectivity index is 2.61. The van der Waals surface area contributed by atoms with Crippen molar-refractivity contribution < 1.29 is 17.6 Å². The maximum atomic E-state index is 11.9. The van der Waals surface area contributed by atoms with Gasteiger partial charge in [-0.1, -0.05) is 60.8 Å². The molecule has 32 heavy (non-hydrogen) atoms. The lowest BCUT2D eigenvalue weighted by Crippen LogP contribution is -2.47. The van der Waals surface area contributed by atoms with E-state index in [4.69, 9.17) is 8.85 Å². The highest BCUT2D eigenvalue weighted by Crippen LogP contribution is 2.46. The summed E-state index contributed by atoms with van der Waals surface area (Å²) in [6, 6.07) is 6.12. The highest BCUT2D eigenvalue weighted by molar-refractivity contribution is 7.77. The summed E-state index contributed by atoms with van der Waals surface area (Å²) in [4.78, 5) is 0. The largest absolute Gasteiger partial charge is 0.543 e. The van der Waals surface area contributed by atoms with Crippen LogP contribution in [0.1, 0.15) is 79.2 Å². The SMILES string of the molecule is CC(C)(C)[Si](C)(C)Oc1ccc(C2(NS(=O)O)CCCCC2)c(O[Si](C)(C)C(C)(C)C)c1. The molecule has 1 aromatic rings. The molecule has 0 aromatic heterocycles. The molecule has 5 nitrogen and oxygen atoms in total. The number of benzene rings is 1. The topological polar surface area (TPSA) is 67.8 Å². The van der Waals surface area contributed by atoms with Crippen molar-refractivity contribution in [3.05, 3.63) is 23.8 Å². The predicted molar refractivity (Wildman–Crippen MR) is 141 cm³/mol. The zero-order valence-corrected chi connectivity index (χ0v) is 24.7. The second-order valence-corrected chi connectivity index (χ2v) is 22.5. The highest BCUT2D eigenvalue weighted by Gasteiger charge is 2.43. The molecule has 8 heteroatoms. The Morgan fingerprint density at radius 1 is 0.906 bits per heavy atom. The fourth-order valence-corrected chi connectivity index (χ4v) is 6.37. The summed E-state index contributed by atoms with van der Waals surface area (Å²) >= 11 is -2.10. The Morgan fingerprint density at radius 2 is 1.41 bits per heavy atom. The lowest BCUT2D eigenvalue weighted by atomic mass is 9.77. The van der Waals surface area contributed by atoms with E-state index in [1.165, 1.54) is 0 Å². The summed E-state index contributed by atoms with van der Waals surface area (Å²) in [7, 11) is -4.16. The van der Waals surface area contributed by atoms with Gasteiger partial charge in [-0.05, 0) is 61.2 Å². The van der Waals surface area contributed by atoms with Gasteiger partial charge >= 0.3 is 0 Å². The van der Waals surface area contributed by atoms with Crippen LogP contribution in [0.25, 0.3) is 0 Å². The molecule has 1 fully saturated rings. The minimum Gasteiger partial charge on any atom is -0.543 e. The van der Waals surface area contributed by atoms with Gasteiger partial charge in [0.2, 0.25) is 27.9 Å². The van der Waals surface area contributed by atoms with Crippen LogP contribution in [-0.2, 0) is 16.8 Å². The number of hydrogen-bond donors (Lipinski definition) is 2. The van der Waals surface area contributed by atoms with Crippen molar-refractivity contribution in [3.63, 3.8) is 0 Å². The van der Waals surface area contributed by atoms with Crippen LogP contribution in [0.3, 0.4) is 0 Å². The Kier molecular flexibility index (Phi) is 8.20. The predicted octanol–water partition coefficient (Wildman–Crippen LogP) is 7.34. The van der Waals surface area contributed by atoms with Gasteiger partial charge in [0.05, 0.1) is 5.54 Å². The molecule has 1 atom stereocenters. The van der Waals surface area contributed by atoms with Crippen LogP contribution in [-0.4, -0.2) is 25.4 Å². The molecule has 1 aliphatic carbocycles. The van der Waals surface area contributed by atoms with Crippen molar-refractivity contribution in [1.29, 1.82) is 0 Å². The fourth-order valence-electron chi connectivity index (χ4n) is 3.67. The van der Waals surface area contributed by atoms with Crippen molar-refractivity contribution in [1.82, 2.24) is 4.72 Å². The molecule has 1 unspecified atom stereocenters. The molecule has 184 valence electrons. The number of nitrogens with one attached hydrogen (secondary N) is 1. The average molecular weight is 500 g/mol. The Labute approximate surface area is 200 Å². The lowest BCUT2D eigenvalue weighted by molar-refractivity contribution is 0.266. The van der Waals surface area contributed by atoms with Crippen molar-refractivity contribution in [2.45, 2.75) is 115 Å². The van der Waals surface area contributed by atoms with E-state index in [-0.39, 0.29) is 10.1 Å². The minimum absolute atomic E-state index is 0.0352. The second kappa shape index (κ2) is 9.52.